The van der Waals surface area contributed by atoms with Gasteiger partial charge in [0.1, 0.15) is 5.82 Å². The van der Waals surface area contributed by atoms with E-state index in [0.29, 0.717) is 12.5 Å². The smallest absolute Gasteiger partial charge is 0.153 e. The fourth-order valence-electron chi connectivity index (χ4n) is 4.78. The Morgan fingerprint density at radius 2 is 1.81 bits per heavy atom. The normalized spacial score (nSPS) is 17.6. The molecule has 0 amide bonds. The van der Waals surface area contributed by atoms with Crippen LogP contribution in [0.15, 0.2) is 73.7 Å². The van der Waals surface area contributed by atoms with Gasteiger partial charge in [-0.2, -0.15) is 5.10 Å². The van der Waals surface area contributed by atoms with Crippen LogP contribution in [0.3, 0.4) is 0 Å². The largest absolute Gasteiger partial charge is 0.326 e. The summed E-state index contributed by atoms with van der Waals surface area (Å²) >= 11 is 0. The minimum absolute atomic E-state index is 0.449. The van der Waals surface area contributed by atoms with Crippen LogP contribution in [0.25, 0.3) is 17.1 Å². The van der Waals surface area contributed by atoms with Crippen molar-refractivity contribution >= 4 is 5.82 Å². The van der Waals surface area contributed by atoms with Crippen LogP contribution in [0.4, 0.5) is 5.82 Å². The van der Waals surface area contributed by atoms with Crippen molar-refractivity contribution in [3.63, 3.8) is 0 Å². The molecule has 1 aliphatic carbocycles. The topological polar surface area (TPSA) is 72.6 Å². The lowest BCUT2D eigenvalue weighted by molar-refractivity contribution is 0.316. The van der Waals surface area contributed by atoms with Gasteiger partial charge in [-0.1, -0.05) is 32.4 Å². The minimum atomic E-state index is 0.449. The van der Waals surface area contributed by atoms with E-state index in [1.165, 1.54) is 12.8 Å². The predicted octanol–water partition coefficient (Wildman–Crippen LogP) is 6.08. The van der Waals surface area contributed by atoms with Crippen molar-refractivity contribution in [2.75, 3.05) is 4.90 Å². The third kappa shape index (κ3) is 5.35. The molecule has 1 aliphatic rings. The van der Waals surface area contributed by atoms with E-state index in [1.807, 2.05) is 57.0 Å². The molecule has 1 fully saturated rings. The van der Waals surface area contributed by atoms with E-state index < -0.39 is 0 Å². The van der Waals surface area contributed by atoms with Crippen LogP contribution in [0.1, 0.15) is 49.4 Å². The highest BCUT2D eigenvalue weighted by atomic mass is 15.3. The molecule has 4 aromatic heterocycles. The molecule has 0 atom stereocenters. The van der Waals surface area contributed by atoms with E-state index in [4.69, 9.17) is 4.98 Å². The second-order valence-corrected chi connectivity index (χ2v) is 9.97. The zero-order valence-corrected chi connectivity index (χ0v) is 21.3. The van der Waals surface area contributed by atoms with E-state index in [0.717, 1.165) is 64.2 Å². The maximum Gasteiger partial charge on any atom is 0.153 e. The monoisotopic (exact) mass is 479 g/mol. The summed E-state index contributed by atoms with van der Waals surface area (Å²) in [6.45, 7) is 11.5. The summed E-state index contributed by atoms with van der Waals surface area (Å²) in [5.74, 6) is 2.90. The van der Waals surface area contributed by atoms with Gasteiger partial charge in [0.2, 0.25) is 0 Å². The number of rotatable bonds is 7. The summed E-state index contributed by atoms with van der Waals surface area (Å²) in [7, 11) is 0. The van der Waals surface area contributed by atoms with Crippen LogP contribution in [0.2, 0.25) is 0 Å². The van der Waals surface area contributed by atoms with Gasteiger partial charge in [0.15, 0.2) is 5.82 Å². The number of hydrogen-bond acceptors (Lipinski definition) is 6. The molecule has 4 aromatic rings. The third-order valence-corrected chi connectivity index (χ3v) is 7.03. The van der Waals surface area contributed by atoms with E-state index in [-0.39, 0.29) is 0 Å². The number of pyridine rings is 2. The van der Waals surface area contributed by atoms with Crippen molar-refractivity contribution < 1.29 is 0 Å². The Hall–Kier alpha value is -3.87. The van der Waals surface area contributed by atoms with E-state index in [2.05, 4.69) is 50.6 Å². The highest BCUT2D eigenvalue weighted by molar-refractivity contribution is 5.63. The zero-order chi connectivity index (χ0) is 25.1. The number of allylic oxidation sites excluding steroid dienone is 1. The average Bonchev–Trinajstić information content (AvgIpc) is 3.34. The predicted molar refractivity (Wildman–Crippen MR) is 143 cm³/mol. The summed E-state index contributed by atoms with van der Waals surface area (Å²) in [4.78, 5) is 20.7. The van der Waals surface area contributed by atoms with Gasteiger partial charge in [-0.25, -0.2) is 14.6 Å². The van der Waals surface area contributed by atoms with Gasteiger partial charge in [-0.05, 0) is 67.9 Å². The first-order valence-electron chi connectivity index (χ1n) is 12.6. The second-order valence-electron chi connectivity index (χ2n) is 9.97. The fraction of sp³-hybridized carbons (Fsp3) is 0.345. The average molecular weight is 480 g/mol. The van der Waals surface area contributed by atoms with Crippen LogP contribution in [0, 0.1) is 25.7 Å². The number of aryl methyl sites for hydroxylation is 2. The molecule has 184 valence electrons. The van der Waals surface area contributed by atoms with Crippen molar-refractivity contribution in [3.8, 4) is 17.1 Å². The standard InChI is InChI=1S/C29H33N7/c1-20-5-8-25(9-6-20)23(4)35(19-24-7-10-28(33-16-24)36-18-21(2)14-34-36)29-13-26(11-12-30-29)27-17-31-22(3)15-32-27/h7,10-18,20,25H,4-6,8-9,19H2,1-3H3. The lowest BCUT2D eigenvalue weighted by atomic mass is 9.81. The maximum atomic E-state index is 4.76. The number of anilines is 1. The first kappa shape index (κ1) is 23.9. The summed E-state index contributed by atoms with van der Waals surface area (Å²) in [6, 6.07) is 8.19. The maximum absolute atomic E-state index is 4.76. The molecule has 0 unspecified atom stereocenters. The Kier molecular flexibility index (Phi) is 6.89. The molecular formula is C29H33N7. The van der Waals surface area contributed by atoms with Crippen molar-refractivity contribution in [2.24, 2.45) is 11.8 Å². The van der Waals surface area contributed by atoms with Gasteiger partial charge >= 0.3 is 0 Å². The molecule has 4 heterocycles. The number of aromatic nitrogens is 6. The molecule has 0 spiro atoms. The highest BCUT2D eigenvalue weighted by Gasteiger charge is 2.25. The number of hydrogen-bond donors (Lipinski definition) is 0. The molecule has 1 saturated carbocycles. The number of nitrogens with zero attached hydrogens (tertiary/aromatic N) is 7. The lowest BCUT2D eigenvalue weighted by Crippen LogP contribution is -2.29. The van der Waals surface area contributed by atoms with Crippen molar-refractivity contribution in [2.45, 2.75) is 53.0 Å². The quantitative estimate of drug-likeness (QED) is 0.320. The molecule has 0 aromatic carbocycles. The fourth-order valence-corrected chi connectivity index (χ4v) is 4.78. The molecular weight excluding hydrogens is 446 g/mol. The summed E-state index contributed by atoms with van der Waals surface area (Å²) in [5, 5.41) is 4.37. The molecule has 0 N–H and O–H groups in total. The van der Waals surface area contributed by atoms with E-state index in [9.17, 15) is 0 Å². The Morgan fingerprint density at radius 3 is 2.47 bits per heavy atom. The Bertz CT molecular complexity index is 1320. The molecule has 7 nitrogen and oxygen atoms in total. The van der Waals surface area contributed by atoms with Gasteiger partial charge in [-0.3, -0.25) is 9.97 Å². The van der Waals surface area contributed by atoms with E-state index >= 15 is 0 Å². The van der Waals surface area contributed by atoms with Crippen LogP contribution in [-0.4, -0.2) is 29.7 Å². The molecule has 0 saturated heterocycles. The summed E-state index contributed by atoms with van der Waals surface area (Å²) in [5.41, 5.74) is 6.04. The summed E-state index contributed by atoms with van der Waals surface area (Å²) in [6.07, 6.45) is 16.0. The van der Waals surface area contributed by atoms with Gasteiger partial charge < -0.3 is 4.90 Å². The Morgan fingerprint density at radius 1 is 0.972 bits per heavy atom. The molecule has 0 aliphatic heterocycles. The first-order chi connectivity index (χ1) is 17.5. The molecule has 36 heavy (non-hydrogen) atoms. The van der Waals surface area contributed by atoms with Gasteiger partial charge in [-0.15, -0.1) is 0 Å². The third-order valence-electron chi connectivity index (χ3n) is 7.03. The van der Waals surface area contributed by atoms with Gasteiger partial charge in [0.05, 0.1) is 30.3 Å². The zero-order valence-electron chi connectivity index (χ0n) is 21.3. The first-order valence-corrected chi connectivity index (χ1v) is 12.6. The Labute approximate surface area is 213 Å². The van der Waals surface area contributed by atoms with Crippen molar-refractivity contribution in [1.29, 1.82) is 0 Å². The van der Waals surface area contributed by atoms with Crippen LogP contribution >= 0.6 is 0 Å². The van der Waals surface area contributed by atoms with Gasteiger partial charge in [0, 0.05) is 36.0 Å². The van der Waals surface area contributed by atoms with Crippen molar-refractivity contribution in [1.82, 2.24) is 29.7 Å². The second kappa shape index (κ2) is 10.4. The summed E-state index contributed by atoms with van der Waals surface area (Å²) < 4.78 is 1.80. The minimum Gasteiger partial charge on any atom is -0.326 e. The van der Waals surface area contributed by atoms with Crippen molar-refractivity contribution in [3.05, 3.63) is 90.5 Å². The highest BCUT2D eigenvalue weighted by Crippen LogP contribution is 2.36. The van der Waals surface area contributed by atoms with E-state index in [1.54, 1.807) is 10.9 Å². The SMILES string of the molecule is C=C(C1CCC(C)CC1)N(Cc1ccc(-n2cc(C)cn2)nc1)c1cc(-c2cnc(C)cn2)ccn1. The van der Waals surface area contributed by atoms with Crippen LogP contribution < -0.4 is 4.90 Å². The van der Waals surface area contributed by atoms with Crippen LogP contribution in [-0.2, 0) is 6.54 Å². The molecule has 7 heteroatoms. The lowest BCUT2D eigenvalue weighted by Gasteiger charge is -2.34. The molecule has 0 radical (unpaired) electrons. The Balaban J connectivity index is 1.44. The van der Waals surface area contributed by atoms with Gasteiger partial charge in [0.25, 0.3) is 0 Å². The molecule has 5 rings (SSSR count). The van der Waals surface area contributed by atoms with Crippen LogP contribution in [0.5, 0.6) is 0 Å². The molecule has 0 bridgehead atoms.